The predicted molar refractivity (Wildman–Crippen MR) is 135 cm³/mol. The Hall–Kier alpha value is -4.17. The summed E-state index contributed by atoms with van der Waals surface area (Å²) in [6, 6.07) is 20.5. The summed E-state index contributed by atoms with van der Waals surface area (Å²) < 4.78 is 11.6. The summed E-state index contributed by atoms with van der Waals surface area (Å²) in [5, 5.41) is 11.6. The van der Waals surface area contributed by atoms with Gasteiger partial charge in [-0.2, -0.15) is 0 Å². The van der Waals surface area contributed by atoms with Gasteiger partial charge in [-0.25, -0.2) is 4.98 Å². The standard InChI is InChI=1S/C27H22N2O5S/c1-3-34-19-13-14-20-21(15-19)35-27(28-20)29-23(16-7-5-4-6-8-16)22(25(31)26(29)32)24(30)17-9-11-18(33-2)12-10-17/h4-15,23,30H,3H2,1-2H3/b24-22+. The number of hydrogen-bond acceptors (Lipinski definition) is 7. The lowest BCUT2D eigenvalue weighted by Gasteiger charge is -2.22. The van der Waals surface area contributed by atoms with E-state index in [9.17, 15) is 14.7 Å². The molecular formula is C27H22N2O5S. The summed E-state index contributed by atoms with van der Waals surface area (Å²) in [5.74, 6) is -0.430. The quantitative estimate of drug-likeness (QED) is 0.225. The number of nitrogens with zero attached hydrogens (tertiary/aromatic N) is 2. The smallest absolute Gasteiger partial charge is 0.301 e. The first-order chi connectivity index (χ1) is 17.0. The minimum absolute atomic E-state index is 0.0145. The Labute approximate surface area is 205 Å². The van der Waals surface area contributed by atoms with Crippen LogP contribution in [0.2, 0.25) is 0 Å². The van der Waals surface area contributed by atoms with Gasteiger partial charge in [0.1, 0.15) is 17.3 Å². The molecule has 8 heteroatoms. The molecule has 35 heavy (non-hydrogen) atoms. The second-order valence-corrected chi connectivity index (χ2v) is 8.88. The first-order valence-electron chi connectivity index (χ1n) is 11.1. The molecule has 0 saturated carbocycles. The molecule has 1 N–H and O–H groups in total. The maximum absolute atomic E-state index is 13.3. The van der Waals surface area contributed by atoms with Crippen LogP contribution in [0.5, 0.6) is 11.5 Å². The van der Waals surface area contributed by atoms with Gasteiger partial charge in [0.25, 0.3) is 5.78 Å². The fourth-order valence-electron chi connectivity index (χ4n) is 4.14. The summed E-state index contributed by atoms with van der Waals surface area (Å²) >= 11 is 1.29. The molecule has 1 saturated heterocycles. The van der Waals surface area contributed by atoms with E-state index < -0.39 is 17.7 Å². The van der Waals surface area contributed by atoms with Gasteiger partial charge in [0, 0.05) is 5.56 Å². The average molecular weight is 487 g/mol. The zero-order valence-electron chi connectivity index (χ0n) is 19.1. The van der Waals surface area contributed by atoms with Gasteiger partial charge >= 0.3 is 5.91 Å². The fraction of sp³-hybridized carbons (Fsp3) is 0.148. The summed E-state index contributed by atoms with van der Waals surface area (Å²) in [6.45, 7) is 2.44. The number of aliphatic hydroxyl groups excluding tert-OH is 1. The molecule has 2 heterocycles. The maximum atomic E-state index is 13.3. The third kappa shape index (κ3) is 4.02. The molecule has 1 amide bonds. The molecule has 1 aromatic heterocycles. The molecule has 7 nitrogen and oxygen atoms in total. The van der Waals surface area contributed by atoms with E-state index in [1.807, 2.05) is 55.5 Å². The number of aliphatic hydroxyl groups is 1. The van der Waals surface area contributed by atoms with E-state index in [1.54, 1.807) is 31.4 Å². The van der Waals surface area contributed by atoms with Crippen LogP contribution in [0.25, 0.3) is 16.0 Å². The minimum atomic E-state index is -0.828. The molecule has 0 aliphatic carbocycles. The van der Waals surface area contributed by atoms with Gasteiger partial charge in [0.2, 0.25) is 0 Å². The largest absolute Gasteiger partial charge is 0.507 e. The zero-order chi connectivity index (χ0) is 24.5. The van der Waals surface area contributed by atoms with E-state index in [0.29, 0.717) is 39.9 Å². The van der Waals surface area contributed by atoms with E-state index in [-0.39, 0.29) is 11.3 Å². The van der Waals surface area contributed by atoms with Gasteiger partial charge in [-0.05, 0) is 55.0 Å². The third-order valence-electron chi connectivity index (χ3n) is 5.79. The van der Waals surface area contributed by atoms with Crippen LogP contribution < -0.4 is 14.4 Å². The van der Waals surface area contributed by atoms with Gasteiger partial charge < -0.3 is 14.6 Å². The van der Waals surface area contributed by atoms with Gasteiger partial charge in [-0.15, -0.1) is 0 Å². The predicted octanol–water partition coefficient (Wildman–Crippen LogP) is 5.33. The van der Waals surface area contributed by atoms with Crippen molar-refractivity contribution in [2.24, 2.45) is 0 Å². The number of thiazole rings is 1. The van der Waals surface area contributed by atoms with Crippen LogP contribution in [0, 0.1) is 0 Å². The van der Waals surface area contributed by atoms with Gasteiger partial charge in [0.15, 0.2) is 5.13 Å². The van der Waals surface area contributed by atoms with Crippen LogP contribution in [-0.2, 0) is 9.59 Å². The first-order valence-corrected chi connectivity index (χ1v) is 11.9. The summed E-state index contributed by atoms with van der Waals surface area (Å²) in [4.78, 5) is 32.6. The fourth-order valence-corrected chi connectivity index (χ4v) is 5.16. The van der Waals surface area contributed by atoms with Crippen LogP contribution in [0.15, 0.2) is 78.4 Å². The molecule has 1 aliphatic rings. The maximum Gasteiger partial charge on any atom is 0.301 e. The van der Waals surface area contributed by atoms with Gasteiger partial charge in [0.05, 0.1) is 35.5 Å². The minimum Gasteiger partial charge on any atom is -0.507 e. The lowest BCUT2D eigenvalue weighted by Crippen LogP contribution is -2.29. The lowest BCUT2D eigenvalue weighted by molar-refractivity contribution is -0.132. The number of ether oxygens (including phenoxy) is 2. The van der Waals surface area contributed by atoms with Crippen LogP contribution >= 0.6 is 11.3 Å². The van der Waals surface area contributed by atoms with E-state index in [4.69, 9.17) is 9.47 Å². The third-order valence-corrected chi connectivity index (χ3v) is 6.81. The molecule has 0 spiro atoms. The molecular weight excluding hydrogens is 464 g/mol. The zero-order valence-corrected chi connectivity index (χ0v) is 19.9. The van der Waals surface area contributed by atoms with E-state index >= 15 is 0 Å². The van der Waals surface area contributed by atoms with Gasteiger partial charge in [-0.1, -0.05) is 41.7 Å². The Morgan fingerprint density at radius 1 is 1.03 bits per heavy atom. The highest BCUT2D eigenvalue weighted by Crippen LogP contribution is 2.44. The molecule has 1 unspecified atom stereocenters. The van der Waals surface area contributed by atoms with Crippen molar-refractivity contribution < 1.29 is 24.2 Å². The number of rotatable bonds is 6. The summed E-state index contributed by atoms with van der Waals surface area (Å²) in [5.41, 5.74) is 1.81. The second-order valence-electron chi connectivity index (χ2n) is 7.87. The number of benzene rings is 3. The van der Waals surface area contributed by atoms with Crippen molar-refractivity contribution in [2.75, 3.05) is 18.6 Å². The summed E-state index contributed by atoms with van der Waals surface area (Å²) in [6.07, 6.45) is 0. The number of amides is 1. The Bertz CT molecular complexity index is 1440. The number of carbonyl (C=O) groups excluding carboxylic acids is 2. The van der Waals surface area contributed by atoms with Crippen molar-refractivity contribution in [1.29, 1.82) is 0 Å². The molecule has 0 bridgehead atoms. The van der Waals surface area contributed by atoms with Crippen LogP contribution in [-0.4, -0.2) is 35.5 Å². The monoisotopic (exact) mass is 486 g/mol. The highest BCUT2D eigenvalue weighted by molar-refractivity contribution is 7.22. The second kappa shape index (κ2) is 9.23. The number of fused-ring (bicyclic) bond motifs is 1. The first kappa shape index (κ1) is 22.6. The molecule has 0 radical (unpaired) electrons. The summed E-state index contributed by atoms with van der Waals surface area (Å²) in [7, 11) is 1.55. The number of Topliss-reactive ketones (excluding diaryl/α,β-unsaturated/α-hetero) is 1. The Morgan fingerprint density at radius 3 is 2.43 bits per heavy atom. The molecule has 1 aliphatic heterocycles. The molecule has 4 aromatic rings. The number of ketones is 1. The Kier molecular flexibility index (Phi) is 5.96. The number of anilines is 1. The van der Waals surface area contributed by atoms with Crippen molar-refractivity contribution in [2.45, 2.75) is 13.0 Å². The molecule has 176 valence electrons. The van der Waals surface area contributed by atoms with Crippen molar-refractivity contribution in [3.8, 4) is 11.5 Å². The number of hydrogen-bond donors (Lipinski definition) is 1. The van der Waals surface area contributed by atoms with Crippen LogP contribution in [0.4, 0.5) is 5.13 Å². The van der Waals surface area contributed by atoms with Gasteiger partial charge in [-0.3, -0.25) is 14.5 Å². The topological polar surface area (TPSA) is 89.0 Å². The van der Waals surface area contributed by atoms with E-state index in [1.165, 1.54) is 16.2 Å². The van der Waals surface area contributed by atoms with Crippen molar-refractivity contribution >= 4 is 44.1 Å². The number of aromatic nitrogens is 1. The lowest BCUT2D eigenvalue weighted by atomic mass is 9.95. The van der Waals surface area contributed by atoms with Crippen molar-refractivity contribution in [1.82, 2.24) is 4.98 Å². The van der Waals surface area contributed by atoms with Crippen LogP contribution in [0.1, 0.15) is 24.1 Å². The Balaban J connectivity index is 1.66. The SMILES string of the molecule is CCOc1ccc2nc(N3C(=O)C(=O)/C(=C(/O)c4ccc(OC)cc4)C3c3ccccc3)sc2c1. The molecule has 1 fully saturated rings. The number of methoxy groups -OCH3 is 1. The van der Waals surface area contributed by atoms with Crippen molar-refractivity contribution in [3.05, 3.63) is 89.5 Å². The molecule has 5 rings (SSSR count). The highest BCUT2D eigenvalue weighted by Gasteiger charge is 2.48. The average Bonchev–Trinajstić information content (AvgIpc) is 3.42. The van der Waals surface area contributed by atoms with E-state index in [2.05, 4.69) is 4.98 Å². The number of carbonyl (C=O) groups is 2. The molecule has 1 atom stereocenters. The van der Waals surface area contributed by atoms with Crippen molar-refractivity contribution in [3.63, 3.8) is 0 Å². The Morgan fingerprint density at radius 2 is 1.74 bits per heavy atom. The normalized spacial score (nSPS) is 17.2. The van der Waals surface area contributed by atoms with Crippen LogP contribution in [0.3, 0.4) is 0 Å². The molecule has 3 aromatic carbocycles. The highest BCUT2D eigenvalue weighted by atomic mass is 32.1. The van der Waals surface area contributed by atoms with E-state index in [0.717, 1.165) is 4.70 Å².